The van der Waals surface area contributed by atoms with E-state index in [2.05, 4.69) is 13.2 Å². The van der Waals surface area contributed by atoms with E-state index in [1.54, 1.807) is 12.1 Å². The van der Waals surface area contributed by atoms with E-state index >= 15 is 0 Å². The Bertz CT molecular complexity index is 381. The molecule has 1 aliphatic rings. The second kappa shape index (κ2) is 11.7. The molecule has 2 nitrogen and oxygen atoms in total. The van der Waals surface area contributed by atoms with Gasteiger partial charge in [0.1, 0.15) is 5.78 Å². The number of ketones is 2. The molecule has 0 aliphatic heterocycles. The molecule has 0 radical (unpaired) electrons. The number of rotatable bonds is 5. The lowest BCUT2D eigenvalue weighted by molar-refractivity contribution is -0.119. The molecule has 0 aromatic heterocycles. The van der Waals surface area contributed by atoms with Crippen LogP contribution >= 0.6 is 11.8 Å². The minimum Gasteiger partial charge on any atom is -0.299 e. The van der Waals surface area contributed by atoms with Crippen LogP contribution in [0, 0.1) is 5.92 Å². The summed E-state index contributed by atoms with van der Waals surface area (Å²) in [6.45, 7) is 6.14. The van der Waals surface area contributed by atoms with Crippen LogP contribution in [-0.2, 0) is 4.79 Å². The lowest BCUT2D eigenvalue weighted by Gasteiger charge is -1.98. The molecule has 0 saturated heterocycles. The van der Waals surface area contributed by atoms with Crippen molar-refractivity contribution in [1.29, 1.82) is 0 Å². The Balaban J connectivity index is 0.000000521. The van der Waals surface area contributed by atoms with Crippen molar-refractivity contribution in [3.8, 4) is 0 Å². The van der Waals surface area contributed by atoms with Gasteiger partial charge < -0.3 is 0 Å². The van der Waals surface area contributed by atoms with Gasteiger partial charge in [0.25, 0.3) is 0 Å². The molecule has 20 heavy (non-hydrogen) atoms. The van der Waals surface area contributed by atoms with Crippen molar-refractivity contribution < 1.29 is 9.59 Å². The summed E-state index contributed by atoms with van der Waals surface area (Å²) in [5.41, 5.74) is 0.640. The second-order valence-electron chi connectivity index (χ2n) is 4.28. The first-order valence-corrected chi connectivity index (χ1v) is 8.68. The van der Waals surface area contributed by atoms with E-state index in [4.69, 9.17) is 0 Å². The lowest BCUT2D eigenvalue weighted by Crippen LogP contribution is -2.09. The monoisotopic (exact) mass is 294 g/mol. The largest absolute Gasteiger partial charge is 0.299 e. The molecule has 1 fully saturated rings. The van der Waals surface area contributed by atoms with Crippen LogP contribution in [0.5, 0.6) is 0 Å². The van der Waals surface area contributed by atoms with E-state index in [9.17, 15) is 9.59 Å². The highest BCUT2D eigenvalue weighted by molar-refractivity contribution is 7.98. The molecule has 1 aliphatic carbocycles. The van der Waals surface area contributed by atoms with Crippen LogP contribution in [0.2, 0.25) is 0 Å². The van der Waals surface area contributed by atoms with Crippen molar-refractivity contribution in [3.63, 3.8) is 0 Å². The Morgan fingerprint density at radius 3 is 2.05 bits per heavy atom. The maximum atomic E-state index is 11.6. The number of carbonyl (C=O) groups is 2. The van der Waals surface area contributed by atoms with E-state index in [1.807, 2.05) is 43.8 Å². The quantitative estimate of drug-likeness (QED) is 0.586. The minimum absolute atomic E-state index is 0.0532. The van der Waals surface area contributed by atoms with Gasteiger partial charge in [-0.1, -0.05) is 51.1 Å². The highest BCUT2D eigenvalue weighted by atomic mass is 32.2. The zero-order valence-corrected chi connectivity index (χ0v) is 13.8. The van der Waals surface area contributed by atoms with Crippen molar-refractivity contribution in [1.82, 2.24) is 0 Å². The Labute approximate surface area is 127 Å². The van der Waals surface area contributed by atoms with Crippen LogP contribution < -0.4 is 0 Å². The average Bonchev–Trinajstić information content (AvgIpc) is 3.35. The van der Waals surface area contributed by atoms with Gasteiger partial charge in [-0.15, -0.1) is 0 Å². The van der Waals surface area contributed by atoms with E-state index in [-0.39, 0.29) is 23.9 Å². The van der Waals surface area contributed by atoms with Gasteiger partial charge in [0, 0.05) is 11.5 Å². The Kier molecular flexibility index (Phi) is 11.1. The summed E-state index contributed by atoms with van der Waals surface area (Å²) in [6.07, 6.45) is 4.12. The fourth-order valence-corrected chi connectivity index (χ4v) is 1.43. The Morgan fingerprint density at radius 1 is 1.15 bits per heavy atom. The SMILES string of the molecule is CC.CCSC.O=C(CC(=O)C1CC1)c1ccccc1. The normalized spacial score (nSPS) is 12.4. The van der Waals surface area contributed by atoms with Gasteiger partial charge in [-0.3, -0.25) is 9.59 Å². The summed E-state index contributed by atoms with van der Waals surface area (Å²) in [4.78, 5) is 22.9. The number of benzene rings is 1. The van der Waals surface area contributed by atoms with Crippen molar-refractivity contribution in [2.45, 2.75) is 40.0 Å². The number of Topliss-reactive ketones (excluding diaryl/α,β-unsaturated/α-hetero) is 2. The predicted octanol–water partition coefficient (Wildman–Crippen LogP) is 4.63. The predicted molar refractivity (Wildman–Crippen MR) is 88.5 cm³/mol. The van der Waals surface area contributed by atoms with Gasteiger partial charge in [0.15, 0.2) is 5.78 Å². The Hall–Kier alpha value is -1.09. The van der Waals surface area contributed by atoms with Gasteiger partial charge in [-0.2, -0.15) is 11.8 Å². The Morgan fingerprint density at radius 2 is 1.65 bits per heavy atom. The lowest BCUT2D eigenvalue weighted by atomic mass is 10.0. The first-order valence-electron chi connectivity index (χ1n) is 7.29. The molecular weight excluding hydrogens is 268 g/mol. The maximum absolute atomic E-state index is 11.6. The first kappa shape index (κ1) is 18.9. The molecule has 0 unspecified atom stereocenters. The minimum atomic E-state index is -0.0532. The van der Waals surface area contributed by atoms with Crippen molar-refractivity contribution >= 4 is 23.3 Å². The smallest absolute Gasteiger partial charge is 0.170 e. The molecule has 112 valence electrons. The molecule has 2 rings (SSSR count). The van der Waals surface area contributed by atoms with Gasteiger partial charge >= 0.3 is 0 Å². The zero-order valence-electron chi connectivity index (χ0n) is 13.0. The molecule has 1 aromatic carbocycles. The molecule has 1 aromatic rings. The number of hydrogen-bond donors (Lipinski definition) is 0. The van der Waals surface area contributed by atoms with Crippen molar-refractivity contribution in [2.75, 3.05) is 12.0 Å². The van der Waals surface area contributed by atoms with Gasteiger partial charge in [-0.25, -0.2) is 0 Å². The second-order valence-corrected chi connectivity index (χ2v) is 5.44. The van der Waals surface area contributed by atoms with Gasteiger partial charge in [-0.05, 0) is 24.9 Å². The third-order valence-electron chi connectivity index (χ3n) is 2.75. The number of thioether (sulfide) groups is 1. The third-order valence-corrected chi connectivity index (χ3v) is 3.33. The van der Waals surface area contributed by atoms with Crippen LogP contribution in [0.15, 0.2) is 30.3 Å². The van der Waals surface area contributed by atoms with Crippen LogP contribution in [0.25, 0.3) is 0 Å². The molecule has 0 spiro atoms. The molecule has 0 heterocycles. The van der Waals surface area contributed by atoms with Crippen LogP contribution in [0.1, 0.15) is 50.4 Å². The summed E-state index contributed by atoms with van der Waals surface area (Å²) in [6, 6.07) is 8.99. The summed E-state index contributed by atoms with van der Waals surface area (Å²) in [5, 5.41) is 0. The van der Waals surface area contributed by atoms with Crippen LogP contribution in [0.3, 0.4) is 0 Å². The molecular formula is C17H26O2S. The van der Waals surface area contributed by atoms with E-state index in [0.717, 1.165) is 12.8 Å². The fraction of sp³-hybridized carbons (Fsp3) is 0.529. The zero-order chi connectivity index (χ0) is 15.4. The summed E-state index contributed by atoms with van der Waals surface area (Å²) < 4.78 is 0. The van der Waals surface area contributed by atoms with Gasteiger partial charge in [0.05, 0.1) is 6.42 Å². The maximum Gasteiger partial charge on any atom is 0.170 e. The first-order chi connectivity index (χ1) is 9.69. The summed E-state index contributed by atoms with van der Waals surface area (Å²) in [7, 11) is 0. The number of carbonyl (C=O) groups excluding carboxylic acids is 2. The number of hydrogen-bond acceptors (Lipinski definition) is 3. The third kappa shape index (κ3) is 8.16. The van der Waals surface area contributed by atoms with Crippen LogP contribution in [0.4, 0.5) is 0 Å². The molecule has 1 saturated carbocycles. The molecule has 0 atom stereocenters. The van der Waals surface area contributed by atoms with Crippen molar-refractivity contribution in [3.05, 3.63) is 35.9 Å². The highest BCUT2D eigenvalue weighted by Gasteiger charge is 2.30. The summed E-state index contributed by atoms with van der Waals surface area (Å²) in [5.74, 6) is 1.48. The molecule has 0 amide bonds. The molecule has 3 heteroatoms. The van der Waals surface area contributed by atoms with Crippen molar-refractivity contribution in [2.24, 2.45) is 5.92 Å². The topological polar surface area (TPSA) is 34.1 Å². The summed E-state index contributed by atoms with van der Waals surface area (Å²) >= 11 is 1.86. The van der Waals surface area contributed by atoms with E-state index in [1.165, 1.54) is 5.75 Å². The average molecular weight is 294 g/mol. The molecule has 0 bridgehead atoms. The van der Waals surface area contributed by atoms with Crippen LogP contribution in [-0.4, -0.2) is 23.6 Å². The highest BCUT2D eigenvalue weighted by Crippen LogP contribution is 2.31. The standard InChI is InChI=1S/C12H12O2.C3H8S.C2H6/c13-11(8-12(14)10-6-7-10)9-4-2-1-3-5-9;1-3-4-2;1-2/h1-5,10H,6-8H2;3H2,1-2H3;1-2H3. The fourth-order valence-electron chi connectivity index (χ4n) is 1.43. The van der Waals surface area contributed by atoms with Gasteiger partial charge in [0.2, 0.25) is 0 Å². The van der Waals surface area contributed by atoms with E-state index in [0.29, 0.717) is 5.56 Å². The molecule has 0 N–H and O–H groups in total. The van der Waals surface area contributed by atoms with E-state index < -0.39 is 0 Å².